The van der Waals surface area contributed by atoms with Gasteiger partial charge in [-0.05, 0) is 26.6 Å². The second kappa shape index (κ2) is 8.09. The molecule has 0 saturated carbocycles. The Morgan fingerprint density at radius 2 is 2.04 bits per heavy atom. The molecule has 2 atom stereocenters. The number of nitrogens with zero attached hydrogens (tertiary/aromatic N) is 2. The number of rotatable bonds is 9. The lowest BCUT2D eigenvalue weighted by Crippen LogP contribution is -2.63. The molecule has 0 unspecified atom stereocenters. The maximum absolute atomic E-state index is 13.1. The van der Waals surface area contributed by atoms with Crippen molar-refractivity contribution in [2.45, 2.75) is 50.6 Å². The van der Waals surface area contributed by atoms with Crippen molar-refractivity contribution in [3.63, 3.8) is 0 Å². The second-order valence-electron chi connectivity index (χ2n) is 7.49. The highest BCUT2D eigenvalue weighted by Gasteiger charge is 2.54. The van der Waals surface area contributed by atoms with Crippen molar-refractivity contribution >= 4 is 23.3 Å². The Balaban J connectivity index is 2.19. The van der Waals surface area contributed by atoms with E-state index >= 15 is 0 Å². The van der Waals surface area contributed by atoms with Crippen LogP contribution < -0.4 is 11.1 Å². The third-order valence-corrected chi connectivity index (χ3v) is 7.41. The smallest absolute Gasteiger partial charge is 0.451 e. The summed E-state index contributed by atoms with van der Waals surface area (Å²) in [6.45, 7) is 4.43. The molecule has 2 heterocycles. The van der Waals surface area contributed by atoms with Gasteiger partial charge >= 0.3 is 13.1 Å². The molecule has 6 N–H and O–H groups in total. The SMILES string of the molecule is CC(C)N(C1CNC1)S(=O)(=O)N1C[C@H](CCCB(O)O)[C@](N)(C(=O)O)C1. The van der Waals surface area contributed by atoms with Crippen LogP contribution in [0.3, 0.4) is 0 Å². The fraction of sp³-hybridized carbons (Fsp3) is 0.929. The fourth-order valence-corrected chi connectivity index (χ4v) is 5.74. The van der Waals surface area contributed by atoms with Crippen molar-refractivity contribution in [3.8, 4) is 0 Å². The van der Waals surface area contributed by atoms with Gasteiger partial charge in [-0.15, -0.1) is 0 Å². The third kappa shape index (κ3) is 4.21. The minimum Gasteiger partial charge on any atom is -0.480 e. The maximum atomic E-state index is 13.1. The summed E-state index contributed by atoms with van der Waals surface area (Å²) in [5.41, 5.74) is 4.40. The largest absolute Gasteiger partial charge is 0.480 e. The van der Waals surface area contributed by atoms with Crippen LogP contribution in [0.25, 0.3) is 0 Å². The molecule has 0 spiro atoms. The second-order valence-corrected chi connectivity index (χ2v) is 9.32. The molecular formula is C14H29BN4O6S. The Kier molecular flexibility index (Phi) is 6.70. The number of hydrogen-bond acceptors (Lipinski definition) is 7. The molecule has 2 aliphatic rings. The summed E-state index contributed by atoms with van der Waals surface area (Å²) in [6, 6.07) is -0.409. The Labute approximate surface area is 154 Å². The molecule has 0 aromatic rings. The fourth-order valence-electron chi connectivity index (χ4n) is 3.67. The lowest BCUT2D eigenvalue weighted by Gasteiger charge is -2.41. The molecule has 2 aliphatic heterocycles. The van der Waals surface area contributed by atoms with Crippen molar-refractivity contribution in [2.75, 3.05) is 26.2 Å². The predicted octanol–water partition coefficient (Wildman–Crippen LogP) is -2.12. The summed E-state index contributed by atoms with van der Waals surface area (Å²) >= 11 is 0. The summed E-state index contributed by atoms with van der Waals surface area (Å²) in [6.07, 6.45) is 0.743. The van der Waals surface area contributed by atoms with Gasteiger partial charge in [0.1, 0.15) is 5.54 Å². The van der Waals surface area contributed by atoms with E-state index in [1.807, 2.05) is 0 Å². The summed E-state index contributed by atoms with van der Waals surface area (Å²) < 4.78 is 28.9. The number of nitrogens with one attached hydrogen (secondary N) is 1. The van der Waals surface area contributed by atoms with Crippen molar-refractivity contribution in [3.05, 3.63) is 0 Å². The van der Waals surface area contributed by atoms with Crippen molar-refractivity contribution < 1.29 is 28.4 Å². The van der Waals surface area contributed by atoms with Gasteiger partial charge in [-0.2, -0.15) is 17.0 Å². The first-order chi connectivity index (χ1) is 12.0. The molecule has 12 heteroatoms. The molecule has 2 rings (SSSR count). The van der Waals surface area contributed by atoms with E-state index in [1.165, 1.54) is 8.61 Å². The minimum absolute atomic E-state index is 0.00995. The van der Waals surface area contributed by atoms with Crippen LogP contribution in [-0.4, -0.2) is 89.1 Å². The standard InChI is InChI=1S/C14H29BN4O6S/c1-10(2)19(12-6-17-7-12)26(24,25)18-8-11(4-3-5-15(22)23)14(16,9-18)13(20)21/h10-12,17,22-23H,3-9,16H2,1-2H3,(H,20,21)/t11-,14-/m0/s1. The zero-order chi connectivity index (χ0) is 19.7. The molecular weight excluding hydrogens is 363 g/mol. The minimum atomic E-state index is -3.85. The van der Waals surface area contributed by atoms with Crippen LogP contribution >= 0.6 is 0 Å². The van der Waals surface area contributed by atoms with Gasteiger partial charge < -0.3 is 26.2 Å². The summed E-state index contributed by atoms with van der Waals surface area (Å²) in [5, 5.41) is 30.6. The zero-order valence-corrected chi connectivity index (χ0v) is 16.0. The van der Waals surface area contributed by atoms with Gasteiger partial charge in [0.15, 0.2) is 0 Å². The van der Waals surface area contributed by atoms with E-state index in [2.05, 4.69) is 5.32 Å². The summed E-state index contributed by atoms with van der Waals surface area (Å²) in [4.78, 5) is 11.7. The van der Waals surface area contributed by atoms with Gasteiger partial charge in [0.25, 0.3) is 10.2 Å². The van der Waals surface area contributed by atoms with Gasteiger partial charge in [-0.25, -0.2) is 0 Å². The topological polar surface area (TPSA) is 156 Å². The van der Waals surface area contributed by atoms with Crippen molar-refractivity contribution in [1.29, 1.82) is 0 Å². The normalized spacial score (nSPS) is 27.9. The number of nitrogens with two attached hydrogens (primary N) is 1. The van der Waals surface area contributed by atoms with Crippen LogP contribution in [0.1, 0.15) is 26.7 Å². The zero-order valence-electron chi connectivity index (χ0n) is 15.2. The lowest BCUT2D eigenvalue weighted by molar-refractivity contribution is -0.144. The average molecular weight is 392 g/mol. The lowest BCUT2D eigenvalue weighted by atomic mass is 9.78. The molecule has 10 nitrogen and oxygen atoms in total. The van der Waals surface area contributed by atoms with Crippen LogP contribution in [0.5, 0.6) is 0 Å². The van der Waals surface area contributed by atoms with Crippen molar-refractivity contribution in [2.24, 2.45) is 11.7 Å². The molecule has 0 aliphatic carbocycles. The van der Waals surface area contributed by atoms with E-state index in [-0.39, 0.29) is 31.5 Å². The molecule has 0 aromatic heterocycles. The first-order valence-electron chi connectivity index (χ1n) is 8.88. The van der Waals surface area contributed by atoms with Gasteiger partial charge in [-0.3, -0.25) is 4.79 Å². The maximum Gasteiger partial charge on any atom is 0.451 e. The Morgan fingerprint density at radius 1 is 1.42 bits per heavy atom. The number of aliphatic carboxylic acids is 1. The van der Waals surface area contributed by atoms with Crippen LogP contribution in [0.4, 0.5) is 0 Å². The Hall–Kier alpha value is -0.755. The molecule has 26 heavy (non-hydrogen) atoms. The van der Waals surface area contributed by atoms with Crippen LogP contribution in [-0.2, 0) is 15.0 Å². The van der Waals surface area contributed by atoms with E-state index < -0.39 is 34.8 Å². The molecule has 0 bridgehead atoms. The van der Waals surface area contributed by atoms with Gasteiger partial charge in [-0.1, -0.05) is 6.42 Å². The van der Waals surface area contributed by atoms with Crippen LogP contribution in [0.15, 0.2) is 0 Å². The first-order valence-corrected chi connectivity index (χ1v) is 10.3. The van der Waals surface area contributed by atoms with E-state index in [0.29, 0.717) is 25.9 Å². The van der Waals surface area contributed by atoms with Gasteiger partial charge in [0.2, 0.25) is 0 Å². The molecule has 0 radical (unpaired) electrons. The Bertz CT molecular complexity index is 615. The summed E-state index contributed by atoms with van der Waals surface area (Å²) in [7, 11) is -5.33. The van der Waals surface area contributed by atoms with Crippen LogP contribution in [0, 0.1) is 5.92 Å². The molecule has 2 saturated heterocycles. The Morgan fingerprint density at radius 3 is 2.46 bits per heavy atom. The highest BCUT2D eigenvalue weighted by Crippen LogP contribution is 2.34. The van der Waals surface area contributed by atoms with Gasteiger partial charge in [0, 0.05) is 38.1 Å². The number of carbonyl (C=O) groups is 1. The molecule has 0 aromatic carbocycles. The van der Waals surface area contributed by atoms with E-state index in [4.69, 9.17) is 15.8 Å². The summed E-state index contributed by atoms with van der Waals surface area (Å²) in [5.74, 6) is -1.84. The van der Waals surface area contributed by atoms with E-state index in [9.17, 15) is 18.3 Å². The molecule has 2 fully saturated rings. The van der Waals surface area contributed by atoms with E-state index in [0.717, 1.165) is 0 Å². The number of hydrogen-bond donors (Lipinski definition) is 5. The highest BCUT2D eigenvalue weighted by molar-refractivity contribution is 7.86. The monoisotopic (exact) mass is 392 g/mol. The van der Waals surface area contributed by atoms with Gasteiger partial charge in [0.05, 0.1) is 6.04 Å². The van der Waals surface area contributed by atoms with Crippen LogP contribution in [0.2, 0.25) is 6.32 Å². The number of carboxylic acid groups (broad SMARTS) is 1. The predicted molar refractivity (Wildman–Crippen MR) is 96.4 cm³/mol. The van der Waals surface area contributed by atoms with Crippen molar-refractivity contribution in [1.82, 2.24) is 13.9 Å². The molecule has 0 amide bonds. The number of carboxylic acids is 1. The average Bonchev–Trinajstić information content (AvgIpc) is 2.81. The van der Waals surface area contributed by atoms with E-state index in [1.54, 1.807) is 13.8 Å². The third-order valence-electron chi connectivity index (χ3n) is 5.23. The first kappa shape index (κ1) is 21.5. The highest BCUT2D eigenvalue weighted by atomic mass is 32.2. The quantitative estimate of drug-likeness (QED) is 0.279. The molecule has 150 valence electrons.